The predicted molar refractivity (Wildman–Crippen MR) is 364 cm³/mol. The second-order valence-electron chi connectivity index (χ2n) is 27.3. The second-order valence-corrected chi connectivity index (χ2v) is 27.3. The molecule has 2 unspecified atom stereocenters. The maximum Gasteiger partial charge on any atom is 0.246 e. The number of amides is 7. The van der Waals surface area contributed by atoms with E-state index in [9.17, 15) is 67.1 Å². The van der Waals surface area contributed by atoms with E-state index in [0.717, 1.165) is 55.0 Å². The van der Waals surface area contributed by atoms with Crippen molar-refractivity contribution in [2.75, 3.05) is 19.6 Å². The van der Waals surface area contributed by atoms with Gasteiger partial charge >= 0.3 is 0 Å². The summed E-state index contributed by atoms with van der Waals surface area (Å²) in [4.78, 5) is 192. The number of nitrogens with one attached hydrogen (secondary N) is 11. The Balaban J connectivity index is 1.90. The van der Waals surface area contributed by atoms with Gasteiger partial charge in [-0.1, -0.05) is 83.2 Å². The lowest BCUT2D eigenvalue weighted by Gasteiger charge is -2.33. The molecule has 1 aliphatic heterocycles. The topological polar surface area (TPSA) is 427 Å². The van der Waals surface area contributed by atoms with Crippen molar-refractivity contribution in [1.82, 2.24) is 58.4 Å². The number of aromatic amines is 1. The molecular formula is C69H109N13O14. The summed E-state index contributed by atoms with van der Waals surface area (Å²) in [5.41, 5.74) is 13.7. The van der Waals surface area contributed by atoms with E-state index < -0.39 is 135 Å². The van der Waals surface area contributed by atoms with Gasteiger partial charge in [-0.25, -0.2) is 10.9 Å². The number of carbonyl (C=O) groups excluding carboxylic acids is 14. The van der Waals surface area contributed by atoms with Gasteiger partial charge in [0.15, 0.2) is 11.6 Å². The molecule has 0 bridgehead atoms. The second kappa shape index (κ2) is 39.5. The fourth-order valence-corrected chi connectivity index (χ4v) is 10.9. The number of ketones is 7. The van der Waals surface area contributed by atoms with Crippen molar-refractivity contribution in [3.8, 4) is 0 Å². The summed E-state index contributed by atoms with van der Waals surface area (Å²) in [5.74, 6) is -11.7. The largest absolute Gasteiger partial charge is 0.370 e. The molecule has 2 aromatic rings. The number of primary amides is 2. The van der Waals surface area contributed by atoms with Crippen LogP contribution in [0.25, 0.3) is 10.9 Å². The molecule has 0 saturated carbocycles. The average molecular weight is 1340 g/mol. The highest BCUT2D eigenvalue weighted by Crippen LogP contribution is 2.23. The summed E-state index contributed by atoms with van der Waals surface area (Å²) in [5, 5.41) is 23.4. The van der Waals surface area contributed by atoms with Crippen molar-refractivity contribution in [2.45, 2.75) is 252 Å². The first kappa shape index (κ1) is 82.5. The first-order chi connectivity index (χ1) is 44.9. The lowest BCUT2D eigenvalue weighted by atomic mass is 9.88. The minimum atomic E-state index is -1.67. The quantitative estimate of drug-likeness (QED) is 0.0365. The fourth-order valence-electron chi connectivity index (χ4n) is 10.9. The Kier molecular flexibility index (Phi) is 33.9. The lowest BCUT2D eigenvalue weighted by Crippen LogP contribution is -2.62. The third-order valence-electron chi connectivity index (χ3n) is 17.6. The molecular weight excluding hydrogens is 1230 g/mol. The van der Waals surface area contributed by atoms with Gasteiger partial charge in [-0.3, -0.25) is 77.8 Å². The van der Waals surface area contributed by atoms with Gasteiger partial charge < -0.3 is 48.4 Å². The Hall–Kier alpha value is -7.72. The number of aromatic nitrogens is 1. The van der Waals surface area contributed by atoms with E-state index in [1.54, 1.807) is 13.1 Å². The number of nitrogens with two attached hydrogens (primary N) is 2. The van der Waals surface area contributed by atoms with Crippen molar-refractivity contribution < 1.29 is 67.1 Å². The van der Waals surface area contributed by atoms with Gasteiger partial charge in [-0.2, -0.15) is 0 Å². The molecule has 0 aliphatic carbocycles. The zero-order valence-electron chi connectivity index (χ0n) is 58.6. The summed E-state index contributed by atoms with van der Waals surface area (Å²) in [6.07, 6.45) is 12.7. The van der Waals surface area contributed by atoms with Crippen molar-refractivity contribution in [3.63, 3.8) is 0 Å². The Labute approximate surface area is 564 Å². The molecule has 3 rings (SSSR count). The normalized spacial score (nSPS) is 23.6. The molecule has 1 aromatic heterocycles. The van der Waals surface area contributed by atoms with Crippen LogP contribution in [0.2, 0.25) is 0 Å². The minimum absolute atomic E-state index is 0.0424. The molecule has 0 spiro atoms. The Morgan fingerprint density at radius 3 is 1.92 bits per heavy atom. The van der Waals surface area contributed by atoms with Crippen LogP contribution in [0.1, 0.15) is 192 Å². The molecule has 96 heavy (non-hydrogen) atoms. The number of H-pyrrole nitrogens is 1. The molecule has 27 heteroatoms. The van der Waals surface area contributed by atoms with Crippen LogP contribution in [-0.2, 0) is 73.5 Å². The number of hydrazine groups is 1. The van der Waals surface area contributed by atoms with E-state index in [0.29, 0.717) is 25.7 Å². The van der Waals surface area contributed by atoms with Crippen LogP contribution in [0.4, 0.5) is 0 Å². The molecule has 534 valence electrons. The molecule has 27 nitrogen and oxygen atoms in total. The number of fused-ring (bicyclic) bond motifs is 1. The van der Waals surface area contributed by atoms with E-state index in [1.165, 1.54) is 69.2 Å². The predicted octanol–water partition coefficient (Wildman–Crippen LogP) is 2.43. The van der Waals surface area contributed by atoms with Crippen molar-refractivity contribution in [2.24, 2.45) is 29.2 Å². The number of allylic oxidation sites excluding steroid dienone is 2. The third kappa shape index (κ3) is 27.1. The minimum Gasteiger partial charge on any atom is -0.370 e. The summed E-state index contributed by atoms with van der Waals surface area (Å²) in [6, 6.07) is -1.57. The monoisotopic (exact) mass is 1340 g/mol. The van der Waals surface area contributed by atoms with Gasteiger partial charge in [-0.05, 0) is 145 Å². The van der Waals surface area contributed by atoms with Crippen molar-refractivity contribution in [1.29, 1.82) is 0 Å². The van der Waals surface area contributed by atoms with Crippen LogP contribution < -0.4 is 64.9 Å². The first-order valence-electron chi connectivity index (χ1n) is 33.7. The van der Waals surface area contributed by atoms with Crippen LogP contribution in [-0.4, -0.2) is 165 Å². The van der Waals surface area contributed by atoms with E-state index >= 15 is 0 Å². The van der Waals surface area contributed by atoms with E-state index in [-0.39, 0.29) is 81.4 Å². The van der Waals surface area contributed by atoms with E-state index in [4.69, 9.17) is 11.5 Å². The highest BCUT2D eigenvalue weighted by atomic mass is 16.2. The maximum atomic E-state index is 14.7. The molecule has 0 saturated heterocycles. The Morgan fingerprint density at radius 1 is 0.698 bits per heavy atom. The number of Topliss-reactive ketones (excluding diaryl/α,β-unsaturated/α-hetero) is 7. The summed E-state index contributed by atoms with van der Waals surface area (Å²) >= 11 is 0. The zero-order valence-corrected chi connectivity index (χ0v) is 58.6. The van der Waals surface area contributed by atoms with Crippen LogP contribution in [0.15, 0.2) is 42.6 Å². The summed E-state index contributed by atoms with van der Waals surface area (Å²) < 4.78 is 0. The van der Waals surface area contributed by atoms with Gasteiger partial charge in [-0.15, -0.1) is 0 Å². The van der Waals surface area contributed by atoms with Gasteiger partial charge in [0.2, 0.25) is 64.5 Å². The van der Waals surface area contributed by atoms with Crippen LogP contribution in [0, 0.1) is 17.8 Å². The molecule has 15 N–H and O–H groups in total. The standard InChI is InChI=1S/C69H109N13O14/c1-40(2)33-49-38-73-52(29-30-56(70)86)60(90)58(88)44(6)77-65(95)53(35-48-37-72-51-28-24-23-27-50(48)51)74-39-55(85)68(12,75-36-42(4)83)31-25-21-19-17-15-14-16-18-20-22-26-32-69(13,80-64(49)94)66(96)79-47(9)63(93)78-46(8)62(92)76-43(5)57(87)59(89)45(7)81-82-67(10,11)54(84)34-41(3)61(71)91/h18,20,23-24,27-28,37,40-41,43-47,49,52-53,72-75,81-82H,14-17,19,21-22,25-26,29-36,38-39H2,1-13H3,(H2,70,86)(H2,71,91)(H,76,92)(H,77,95)(H,78,93)(H,79,96)(H,80,94)/b20-18+/t41-,43-,44?,45-,46?,47-,49+,52-,53-,68+,69-/m0/s1. The van der Waals surface area contributed by atoms with Crippen molar-refractivity contribution >= 4 is 92.7 Å². The number of benzene rings is 1. The van der Waals surface area contributed by atoms with Crippen molar-refractivity contribution in [3.05, 3.63) is 48.2 Å². The summed E-state index contributed by atoms with van der Waals surface area (Å²) in [7, 11) is 0. The number of hydrogen-bond donors (Lipinski definition) is 13. The van der Waals surface area contributed by atoms with Crippen LogP contribution in [0.3, 0.4) is 0 Å². The highest BCUT2D eigenvalue weighted by molar-refractivity contribution is 6.41. The zero-order chi connectivity index (χ0) is 72.3. The molecule has 7 amide bonds. The molecule has 11 atom stereocenters. The van der Waals surface area contributed by atoms with Gasteiger partial charge in [0.05, 0.1) is 60.3 Å². The molecule has 0 fully saturated rings. The lowest BCUT2D eigenvalue weighted by molar-refractivity contribution is -0.140. The highest BCUT2D eigenvalue weighted by Gasteiger charge is 2.41. The first-order valence-corrected chi connectivity index (χ1v) is 33.7. The van der Waals surface area contributed by atoms with E-state index in [1.807, 2.05) is 44.2 Å². The molecule has 0 radical (unpaired) electrons. The number of para-hydroxylation sites is 1. The van der Waals surface area contributed by atoms with Crippen LogP contribution in [0.5, 0.6) is 0 Å². The SMILES string of the molecule is CC(=O)CN[C@]1(C)CCCCCCCC/C=C/CCC[C@@](C)(C(=O)N[C@@H](C)C(=O)NC(C)C(=O)N[C@@H](C)C(=O)C(=O)[C@H](C)NNC(C)(C)C(=O)C[C@H](C)C(N)=O)NC(=O)[C@H](CC(C)C)CN[C@@H](CCC(N)=O)C(=O)C(=O)C(C)NC(=O)[C@H](Cc2c[nH]c3ccccc23)NCC1=O. The fraction of sp³-hybridized carbons (Fsp3) is 0.652. The smallest absolute Gasteiger partial charge is 0.246 e. The number of rotatable bonds is 26. The van der Waals surface area contributed by atoms with Gasteiger partial charge in [0.1, 0.15) is 23.4 Å². The number of hydrogen-bond acceptors (Lipinski definition) is 19. The molecule has 1 aliphatic rings. The van der Waals surface area contributed by atoms with E-state index in [2.05, 4.69) is 64.4 Å². The number of carbonyl (C=O) groups is 14. The van der Waals surface area contributed by atoms with Crippen LogP contribution >= 0.6 is 0 Å². The maximum absolute atomic E-state index is 14.7. The third-order valence-corrected chi connectivity index (χ3v) is 17.6. The van der Waals surface area contributed by atoms with Gasteiger partial charge in [0.25, 0.3) is 0 Å². The Bertz CT molecular complexity index is 3110. The molecule has 1 aromatic carbocycles. The molecule has 2 heterocycles. The Morgan fingerprint density at radius 2 is 1.29 bits per heavy atom. The van der Waals surface area contributed by atoms with Gasteiger partial charge in [0, 0.05) is 42.4 Å². The average Bonchev–Trinajstić information content (AvgIpc) is 1.24. The summed E-state index contributed by atoms with van der Waals surface area (Å²) in [6.45, 7) is 19.1.